The van der Waals surface area contributed by atoms with Crippen molar-refractivity contribution in [3.8, 4) is 5.75 Å². The molecule has 0 radical (unpaired) electrons. The summed E-state index contributed by atoms with van der Waals surface area (Å²) in [4.78, 5) is 29.1. The molecular weight excluding hydrogens is 356 g/mol. The summed E-state index contributed by atoms with van der Waals surface area (Å²) >= 11 is 0. The highest BCUT2D eigenvalue weighted by atomic mass is 16.5. The second kappa shape index (κ2) is 9.92. The van der Waals surface area contributed by atoms with Gasteiger partial charge in [-0.25, -0.2) is 0 Å². The summed E-state index contributed by atoms with van der Waals surface area (Å²) in [7, 11) is 1.67. The molecule has 1 amide bonds. The van der Waals surface area contributed by atoms with Crippen molar-refractivity contribution in [1.82, 2.24) is 9.80 Å². The first kappa shape index (κ1) is 20.6. The third kappa shape index (κ3) is 5.25. The first-order valence-corrected chi connectivity index (χ1v) is 10.4. The highest BCUT2D eigenvalue weighted by Crippen LogP contribution is 2.24. The summed E-state index contributed by atoms with van der Waals surface area (Å²) in [5.74, 6) is 0.656. The Labute approximate surface area is 167 Å². The summed E-state index contributed by atoms with van der Waals surface area (Å²) in [6.45, 7) is 4.85. The second-order valence-corrected chi connectivity index (χ2v) is 7.75. The zero-order valence-electron chi connectivity index (χ0n) is 17.1. The first-order chi connectivity index (χ1) is 13.6. The van der Waals surface area contributed by atoms with E-state index in [1.807, 2.05) is 24.0 Å². The Bertz CT molecular complexity index is 661. The molecule has 28 heavy (non-hydrogen) atoms. The number of hydrogen-bond acceptors (Lipinski definition) is 5. The van der Waals surface area contributed by atoms with E-state index in [0.717, 1.165) is 50.9 Å². The highest BCUT2D eigenvalue weighted by Gasteiger charge is 2.32. The van der Waals surface area contributed by atoms with Crippen LogP contribution >= 0.6 is 0 Å². The Morgan fingerprint density at radius 1 is 1.11 bits per heavy atom. The maximum absolute atomic E-state index is 12.9. The number of likely N-dealkylation sites (tertiary alicyclic amines) is 2. The Morgan fingerprint density at radius 3 is 2.57 bits per heavy atom. The molecule has 3 rings (SSSR count). The van der Waals surface area contributed by atoms with E-state index >= 15 is 0 Å². The number of carbonyl (C=O) groups is 2. The predicted molar refractivity (Wildman–Crippen MR) is 107 cm³/mol. The fourth-order valence-corrected chi connectivity index (χ4v) is 4.30. The van der Waals surface area contributed by atoms with Crippen LogP contribution in [-0.2, 0) is 20.7 Å². The third-order valence-corrected chi connectivity index (χ3v) is 5.86. The zero-order valence-corrected chi connectivity index (χ0v) is 17.1. The van der Waals surface area contributed by atoms with Gasteiger partial charge in [0.05, 0.1) is 26.2 Å². The topological polar surface area (TPSA) is 59.1 Å². The zero-order chi connectivity index (χ0) is 19.9. The lowest BCUT2D eigenvalue weighted by molar-refractivity contribution is -0.151. The van der Waals surface area contributed by atoms with E-state index in [-0.39, 0.29) is 17.8 Å². The third-order valence-electron chi connectivity index (χ3n) is 5.86. The maximum Gasteiger partial charge on any atom is 0.310 e. The molecule has 0 bridgehead atoms. The lowest BCUT2D eigenvalue weighted by Gasteiger charge is -2.33. The van der Waals surface area contributed by atoms with Crippen molar-refractivity contribution in [2.45, 2.75) is 45.1 Å². The normalized spacial score (nSPS) is 22.9. The molecule has 2 heterocycles. The van der Waals surface area contributed by atoms with Gasteiger partial charge in [0.15, 0.2) is 0 Å². The number of piperidine rings is 1. The van der Waals surface area contributed by atoms with Gasteiger partial charge >= 0.3 is 5.97 Å². The highest BCUT2D eigenvalue weighted by molar-refractivity contribution is 5.80. The van der Waals surface area contributed by atoms with Gasteiger partial charge in [0, 0.05) is 19.1 Å². The molecule has 0 aromatic heterocycles. The number of benzene rings is 1. The van der Waals surface area contributed by atoms with Gasteiger partial charge in [-0.05, 0) is 63.3 Å². The molecule has 1 aromatic carbocycles. The minimum absolute atomic E-state index is 0.135. The molecule has 0 aliphatic carbocycles. The Balaban J connectivity index is 1.54. The van der Waals surface area contributed by atoms with Crippen molar-refractivity contribution < 1.29 is 19.1 Å². The van der Waals surface area contributed by atoms with Crippen LogP contribution in [-0.4, -0.2) is 67.6 Å². The standard InChI is InChI=1S/C22H32N2O4/c1-3-28-22(26)18-6-4-13-24(15-18)21(25)16-23-12-5-7-19(23)14-17-8-10-20(27-2)11-9-17/h8-11,18-19H,3-7,12-16H2,1-2H3/t18-,19+/m1/s1. The summed E-state index contributed by atoms with van der Waals surface area (Å²) < 4.78 is 10.4. The molecule has 0 unspecified atom stereocenters. The van der Waals surface area contributed by atoms with Crippen LogP contribution in [0, 0.1) is 5.92 Å². The smallest absolute Gasteiger partial charge is 0.310 e. The molecule has 2 aliphatic rings. The average molecular weight is 389 g/mol. The van der Waals surface area contributed by atoms with Crippen molar-refractivity contribution in [1.29, 1.82) is 0 Å². The molecule has 6 heteroatoms. The number of rotatable bonds is 7. The van der Waals surface area contributed by atoms with Gasteiger partial charge in [-0.15, -0.1) is 0 Å². The number of esters is 1. The van der Waals surface area contributed by atoms with Gasteiger partial charge in [0.2, 0.25) is 5.91 Å². The lowest BCUT2D eigenvalue weighted by Crippen LogP contribution is -2.47. The van der Waals surface area contributed by atoms with E-state index in [9.17, 15) is 9.59 Å². The van der Waals surface area contributed by atoms with Crippen LogP contribution in [0.15, 0.2) is 24.3 Å². The molecule has 2 fully saturated rings. The van der Waals surface area contributed by atoms with Gasteiger partial charge in [0.25, 0.3) is 0 Å². The predicted octanol–water partition coefficient (Wildman–Crippen LogP) is 2.50. The van der Waals surface area contributed by atoms with Gasteiger partial charge in [-0.1, -0.05) is 12.1 Å². The SMILES string of the molecule is CCOC(=O)[C@@H]1CCCN(C(=O)CN2CCC[C@H]2Cc2ccc(OC)cc2)C1. The second-order valence-electron chi connectivity index (χ2n) is 7.75. The number of carbonyl (C=O) groups excluding carboxylic acids is 2. The van der Waals surface area contributed by atoms with Crippen molar-refractivity contribution in [2.75, 3.05) is 39.9 Å². The molecule has 2 saturated heterocycles. The number of ether oxygens (including phenoxy) is 2. The molecule has 0 spiro atoms. The van der Waals surface area contributed by atoms with Crippen LogP contribution in [0.5, 0.6) is 5.75 Å². The van der Waals surface area contributed by atoms with Crippen LogP contribution in [0.4, 0.5) is 0 Å². The summed E-state index contributed by atoms with van der Waals surface area (Å²) in [6, 6.07) is 8.58. The van der Waals surface area contributed by atoms with Crippen molar-refractivity contribution in [3.05, 3.63) is 29.8 Å². The molecule has 154 valence electrons. The molecule has 0 saturated carbocycles. The molecule has 2 aliphatic heterocycles. The van der Waals surface area contributed by atoms with Gasteiger partial charge in [-0.3, -0.25) is 14.5 Å². The molecule has 1 aromatic rings. The molecule has 2 atom stereocenters. The fourth-order valence-electron chi connectivity index (χ4n) is 4.30. The number of nitrogens with zero attached hydrogens (tertiary/aromatic N) is 2. The van der Waals surface area contributed by atoms with Crippen molar-refractivity contribution >= 4 is 11.9 Å². The van der Waals surface area contributed by atoms with Crippen molar-refractivity contribution in [3.63, 3.8) is 0 Å². The average Bonchev–Trinajstić information content (AvgIpc) is 3.15. The van der Waals surface area contributed by atoms with E-state index < -0.39 is 0 Å². The van der Waals surface area contributed by atoms with Gasteiger partial charge < -0.3 is 14.4 Å². The molecular formula is C22H32N2O4. The van der Waals surface area contributed by atoms with Crippen LogP contribution < -0.4 is 4.74 Å². The Hall–Kier alpha value is -2.08. The lowest BCUT2D eigenvalue weighted by atomic mass is 9.98. The minimum Gasteiger partial charge on any atom is -0.497 e. The molecule has 6 nitrogen and oxygen atoms in total. The van der Waals surface area contributed by atoms with Gasteiger partial charge in [-0.2, -0.15) is 0 Å². The first-order valence-electron chi connectivity index (χ1n) is 10.4. The van der Waals surface area contributed by atoms with E-state index in [2.05, 4.69) is 17.0 Å². The van der Waals surface area contributed by atoms with E-state index in [1.165, 1.54) is 5.56 Å². The maximum atomic E-state index is 12.9. The van der Waals surface area contributed by atoms with Gasteiger partial charge in [0.1, 0.15) is 5.75 Å². The molecule has 0 N–H and O–H groups in total. The Morgan fingerprint density at radius 2 is 1.86 bits per heavy atom. The van der Waals surface area contributed by atoms with Crippen LogP contribution in [0.2, 0.25) is 0 Å². The summed E-state index contributed by atoms with van der Waals surface area (Å²) in [5.41, 5.74) is 1.27. The minimum atomic E-state index is -0.175. The van der Waals surface area contributed by atoms with E-state index in [1.54, 1.807) is 7.11 Å². The van der Waals surface area contributed by atoms with Crippen molar-refractivity contribution in [2.24, 2.45) is 5.92 Å². The van der Waals surface area contributed by atoms with Crippen LogP contribution in [0.25, 0.3) is 0 Å². The number of methoxy groups -OCH3 is 1. The Kier molecular flexibility index (Phi) is 7.31. The van der Waals surface area contributed by atoms with Crippen LogP contribution in [0.1, 0.15) is 38.2 Å². The number of amides is 1. The quantitative estimate of drug-likeness (QED) is 0.672. The van der Waals surface area contributed by atoms with E-state index in [0.29, 0.717) is 25.7 Å². The largest absolute Gasteiger partial charge is 0.497 e. The fraction of sp³-hybridized carbons (Fsp3) is 0.636. The van der Waals surface area contributed by atoms with Crippen LogP contribution in [0.3, 0.4) is 0 Å². The number of hydrogen-bond donors (Lipinski definition) is 0. The summed E-state index contributed by atoms with van der Waals surface area (Å²) in [6.07, 6.45) is 4.87. The monoisotopic (exact) mass is 388 g/mol. The summed E-state index contributed by atoms with van der Waals surface area (Å²) in [5, 5.41) is 0. The van der Waals surface area contributed by atoms with E-state index in [4.69, 9.17) is 9.47 Å².